The second-order valence-electron chi connectivity index (χ2n) is 6.34. The van der Waals surface area contributed by atoms with Crippen LogP contribution in [0.15, 0.2) is 66.6 Å². The van der Waals surface area contributed by atoms with Gasteiger partial charge in [0.05, 0.1) is 16.4 Å². The molecule has 0 saturated carbocycles. The molecular formula is C21H19N5OS. The highest BCUT2D eigenvalue weighted by Crippen LogP contribution is 2.21. The van der Waals surface area contributed by atoms with Crippen LogP contribution in [0.2, 0.25) is 0 Å². The van der Waals surface area contributed by atoms with Crippen LogP contribution in [-0.4, -0.2) is 32.2 Å². The second kappa shape index (κ2) is 8.14. The minimum Gasteiger partial charge on any atom is -0.352 e. The first kappa shape index (κ1) is 18.1. The predicted octanol–water partition coefficient (Wildman–Crippen LogP) is 3.67. The normalized spacial score (nSPS) is 10.8. The predicted molar refractivity (Wildman–Crippen MR) is 110 cm³/mol. The Hall–Kier alpha value is -3.32. The zero-order valence-electron chi connectivity index (χ0n) is 15.4. The molecule has 2 aromatic carbocycles. The summed E-state index contributed by atoms with van der Waals surface area (Å²) in [5.74, 6) is -0.0836. The summed E-state index contributed by atoms with van der Waals surface area (Å²) in [5.41, 5.74) is 4.79. The van der Waals surface area contributed by atoms with Crippen LogP contribution in [0.25, 0.3) is 16.9 Å². The lowest BCUT2D eigenvalue weighted by Gasteiger charge is -2.07. The largest absolute Gasteiger partial charge is 0.352 e. The van der Waals surface area contributed by atoms with E-state index in [1.807, 2.05) is 19.1 Å². The molecule has 0 radical (unpaired) electrons. The molecule has 0 bridgehead atoms. The number of aryl methyl sites for hydroxylation is 1. The highest BCUT2D eigenvalue weighted by atomic mass is 32.1. The van der Waals surface area contributed by atoms with Crippen molar-refractivity contribution in [3.05, 3.63) is 82.7 Å². The molecule has 28 heavy (non-hydrogen) atoms. The first-order chi connectivity index (χ1) is 13.7. The maximum atomic E-state index is 12.3. The Morgan fingerprint density at radius 1 is 1.11 bits per heavy atom. The van der Waals surface area contributed by atoms with Crippen LogP contribution in [0.3, 0.4) is 0 Å². The zero-order valence-corrected chi connectivity index (χ0v) is 16.2. The van der Waals surface area contributed by atoms with Crippen LogP contribution < -0.4 is 5.32 Å². The van der Waals surface area contributed by atoms with Crippen LogP contribution in [0.1, 0.15) is 20.9 Å². The van der Waals surface area contributed by atoms with Crippen molar-refractivity contribution in [3.63, 3.8) is 0 Å². The summed E-state index contributed by atoms with van der Waals surface area (Å²) in [6.45, 7) is 2.59. The highest BCUT2D eigenvalue weighted by molar-refractivity contribution is 7.09. The van der Waals surface area contributed by atoms with Crippen molar-refractivity contribution in [1.29, 1.82) is 0 Å². The molecule has 1 N–H and O–H groups in total. The van der Waals surface area contributed by atoms with Gasteiger partial charge < -0.3 is 5.32 Å². The molecule has 0 unspecified atom stereocenters. The molecule has 4 aromatic rings. The zero-order chi connectivity index (χ0) is 19.3. The minimum atomic E-state index is -0.0836. The van der Waals surface area contributed by atoms with E-state index in [1.165, 1.54) is 11.9 Å². The van der Waals surface area contributed by atoms with Gasteiger partial charge in [0, 0.05) is 23.1 Å². The molecule has 140 valence electrons. The number of carbonyl (C=O) groups is 1. The van der Waals surface area contributed by atoms with Crippen molar-refractivity contribution in [3.8, 4) is 16.9 Å². The van der Waals surface area contributed by atoms with E-state index in [0.29, 0.717) is 12.1 Å². The SMILES string of the molecule is Cc1nc(-c2ccc(CCNC(=O)c3ccc(-n4cncn4)cc3)cc2)cs1. The first-order valence-electron chi connectivity index (χ1n) is 8.94. The monoisotopic (exact) mass is 389 g/mol. The quantitative estimate of drug-likeness (QED) is 0.546. The Morgan fingerprint density at radius 2 is 1.89 bits per heavy atom. The van der Waals surface area contributed by atoms with Gasteiger partial charge in [0.2, 0.25) is 0 Å². The molecule has 0 atom stereocenters. The maximum Gasteiger partial charge on any atom is 0.251 e. The lowest BCUT2D eigenvalue weighted by Crippen LogP contribution is -2.25. The average Bonchev–Trinajstić information content (AvgIpc) is 3.41. The molecule has 6 nitrogen and oxygen atoms in total. The topological polar surface area (TPSA) is 72.7 Å². The molecule has 0 aliphatic carbocycles. The van der Waals surface area contributed by atoms with E-state index >= 15 is 0 Å². The Labute approximate surface area is 166 Å². The van der Waals surface area contributed by atoms with E-state index < -0.39 is 0 Å². The summed E-state index contributed by atoms with van der Waals surface area (Å²) in [6, 6.07) is 15.6. The van der Waals surface area contributed by atoms with Gasteiger partial charge in [-0.25, -0.2) is 14.6 Å². The molecule has 0 spiro atoms. The van der Waals surface area contributed by atoms with Crippen LogP contribution in [0.4, 0.5) is 0 Å². The number of rotatable bonds is 6. The fourth-order valence-corrected chi connectivity index (χ4v) is 3.49. The van der Waals surface area contributed by atoms with Crippen LogP contribution in [0.5, 0.6) is 0 Å². The van der Waals surface area contributed by atoms with Crippen LogP contribution >= 0.6 is 11.3 Å². The lowest BCUT2D eigenvalue weighted by molar-refractivity contribution is 0.0954. The van der Waals surface area contributed by atoms with Crippen molar-refractivity contribution in [2.75, 3.05) is 6.54 Å². The number of hydrogen-bond acceptors (Lipinski definition) is 5. The maximum absolute atomic E-state index is 12.3. The Morgan fingerprint density at radius 3 is 2.54 bits per heavy atom. The van der Waals surface area contributed by atoms with E-state index in [4.69, 9.17) is 0 Å². The lowest BCUT2D eigenvalue weighted by atomic mass is 10.1. The van der Waals surface area contributed by atoms with Crippen molar-refractivity contribution in [1.82, 2.24) is 25.1 Å². The van der Waals surface area contributed by atoms with Crippen molar-refractivity contribution in [2.24, 2.45) is 0 Å². The Bertz CT molecular complexity index is 1050. The highest BCUT2D eigenvalue weighted by Gasteiger charge is 2.06. The minimum absolute atomic E-state index is 0.0836. The molecule has 0 aliphatic heterocycles. The fourth-order valence-electron chi connectivity index (χ4n) is 2.87. The third-order valence-corrected chi connectivity index (χ3v) is 5.15. The van der Waals surface area contributed by atoms with Gasteiger partial charge in [-0.05, 0) is 43.2 Å². The van der Waals surface area contributed by atoms with Gasteiger partial charge in [0.25, 0.3) is 5.91 Å². The van der Waals surface area contributed by atoms with E-state index in [9.17, 15) is 4.79 Å². The molecule has 2 aromatic heterocycles. The van der Waals surface area contributed by atoms with Crippen molar-refractivity contribution < 1.29 is 4.79 Å². The van der Waals surface area contributed by atoms with Gasteiger partial charge in [0.1, 0.15) is 12.7 Å². The number of hydrogen-bond donors (Lipinski definition) is 1. The standard InChI is InChI=1S/C21H19N5OS/c1-15-25-20(12-28-15)17-4-2-16(3-5-17)10-11-23-21(27)18-6-8-19(9-7-18)26-14-22-13-24-26/h2-9,12-14H,10-11H2,1H3,(H,23,27). The van der Waals surface area contributed by atoms with Crippen molar-refractivity contribution >= 4 is 17.2 Å². The summed E-state index contributed by atoms with van der Waals surface area (Å²) in [7, 11) is 0. The molecule has 1 amide bonds. The van der Waals surface area contributed by atoms with Crippen molar-refractivity contribution in [2.45, 2.75) is 13.3 Å². The summed E-state index contributed by atoms with van der Waals surface area (Å²) >= 11 is 1.65. The third-order valence-electron chi connectivity index (χ3n) is 4.38. The van der Waals surface area contributed by atoms with Gasteiger partial charge in [-0.3, -0.25) is 4.79 Å². The third kappa shape index (κ3) is 4.15. The molecule has 4 rings (SSSR count). The first-order valence-corrected chi connectivity index (χ1v) is 9.82. The van der Waals surface area contributed by atoms with Gasteiger partial charge >= 0.3 is 0 Å². The smallest absolute Gasteiger partial charge is 0.251 e. The number of benzene rings is 2. The van der Waals surface area contributed by atoms with E-state index in [0.717, 1.165) is 28.4 Å². The average molecular weight is 389 g/mol. The van der Waals surface area contributed by atoms with Gasteiger partial charge in [-0.15, -0.1) is 11.3 Å². The van der Waals surface area contributed by atoms with E-state index in [1.54, 1.807) is 34.5 Å². The molecular weight excluding hydrogens is 370 g/mol. The number of nitrogens with one attached hydrogen (secondary N) is 1. The molecule has 7 heteroatoms. The van der Waals surface area contributed by atoms with Crippen LogP contribution in [-0.2, 0) is 6.42 Å². The number of amides is 1. The van der Waals surface area contributed by atoms with Crippen LogP contribution in [0, 0.1) is 6.92 Å². The second-order valence-corrected chi connectivity index (χ2v) is 7.40. The Kier molecular flexibility index (Phi) is 5.25. The molecule has 2 heterocycles. The summed E-state index contributed by atoms with van der Waals surface area (Å²) in [6.07, 6.45) is 3.88. The number of aromatic nitrogens is 4. The fraction of sp³-hybridized carbons (Fsp3) is 0.143. The molecule has 0 saturated heterocycles. The van der Waals surface area contributed by atoms with Gasteiger partial charge in [-0.1, -0.05) is 24.3 Å². The number of nitrogens with zero attached hydrogens (tertiary/aromatic N) is 4. The molecule has 0 aliphatic rings. The summed E-state index contributed by atoms with van der Waals surface area (Å²) < 4.78 is 1.65. The summed E-state index contributed by atoms with van der Waals surface area (Å²) in [5, 5.41) is 10.2. The summed E-state index contributed by atoms with van der Waals surface area (Å²) in [4.78, 5) is 20.7. The Balaban J connectivity index is 1.30. The number of thiazole rings is 1. The van der Waals surface area contributed by atoms with E-state index in [-0.39, 0.29) is 5.91 Å². The molecule has 0 fully saturated rings. The number of carbonyl (C=O) groups excluding carboxylic acids is 1. The van der Waals surface area contributed by atoms with Gasteiger partial charge in [-0.2, -0.15) is 5.10 Å². The van der Waals surface area contributed by atoms with E-state index in [2.05, 4.69) is 50.0 Å². The van der Waals surface area contributed by atoms with Gasteiger partial charge in [0.15, 0.2) is 0 Å².